The van der Waals surface area contributed by atoms with Gasteiger partial charge in [0.15, 0.2) is 5.78 Å². The lowest BCUT2D eigenvalue weighted by molar-refractivity contribution is -0.116. The van der Waals surface area contributed by atoms with E-state index in [4.69, 9.17) is 23.2 Å². The highest BCUT2D eigenvalue weighted by Gasteiger charge is 2.26. The highest BCUT2D eigenvalue weighted by molar-refractivity contribution is 7.89. The molecule has 0 aliphatic rings. The monoisotopic (exact) mass is 442 g/mol. The smallest absolute Gasteiger partial charge is 0.243 e. The van der Waals surface area contributed by atoms with Crippen molar-refractivity contribution in [3.8, 4) is 0 Å². The fraction of sp³-hybridized carbons (Fsp3) is 0.263. The van der Waals surface area contributed by atoms with Crippen LogP contribution in [0.2, 0.25) is 10.0 Å². The summed E-state index contributed by atoms with van der Waals surface area (Å²) in [5, 5.41) is 3.27. The average Bonchev–Trinajstić information content (AvgIpc) is 2.64. The van der Waals surface area contributed by atoms with E-state index in [2.05, 4.69) is 5.32 Å². The van der Waals surface area contributed by atoms with E-state index in [1.54, 1.807) is 6.07 Å². The Labute approximate surface area is 174 Å². The lowest BCUT2D eigenvalue weighted by Crippen LogP contribution is -2.38. The molecule has 0 saturated heterocycles. The van der Waals surface area contributed by atoms with Gasteiger partial charge >= 0.3 is 0 Å². The van der Waals surface area contributed by atoms with E-state index in [0.717, 1.165) is 4.31 Å². The zero-order valence-corrected chi connectivity index (χ0v) is 17.7. The van der Waals surface area contributed by atoms with Gasteiger partial charge in [0.25, 0.3) is 0 Å². The number of halogens is 2. The maximum Gasteiger partial charge on any atom is 0.243 e. The van der Waals surface area contributed by atoms with Crippen LogP contribution in [0.15, 0.2) is 47.4 Å². The SMILES string of the molecule is CCCN(CC(=O)Nc1cc(Cl)ccc1Cl)S(=O)(=O)c1ccc(C(C)=O)cc1. The summed E-state index contributed by atoms with van der Waals surface area (Å²) in [5.41, 5.74) is 0.716. The summed E-state index contributed by atoms with van der Waals surface area (Å²) >= 11 is 11.9. The minimum atomic E-state index is -3.91. The van der Waals surface area contributed by atoms with Crippen LogP contribution in [0, 0.1) is 0 Å². The van der Waals surface area contributed by atoms with Gasteiger partial charge in [-0.05, 0) is 43.7 Å². The molecule has 2 rings (SSSR count). The van der Waals surface area contributed by atoms with E-state index < -0.39 is 15.9 Å². The molecule has 1 N–H and O–H groups in total. The number of amides is 1. The second-order valence-electron chi connectivity index (χ2n) is 6.09. The highest BCUT2D eigenvalue weighted by Crippen LogP contribution is 2.25. The number of carbonyl (C=O) groups excluding carboxylic acids is 2. The predicted octanol–water partition coefficient (Wildman–Crippen LogP) is 4.24. The highest BCUT2D eigenvalue weighted by atomic mass is 35.5. The normalized spacial score (nSPS) is 11.5. The molecule has 0 radical (unpaired) electrons. The quantitative estimate of drug-likeness (QED) is 0.619. The number of ketones is 1. The molecule has 0 saturated carbocycles. The molecule has 150 valence electrons. The van der Waals surface area contributed by atoms with Crippen molar-refractivity contribution in [2.75, 3.05) is 18.4 Å². The second kappa shape index (κ2) is 9.52. The number of nitrogens with zero attached hydrogens (tertiary/aromatic N) is 1. The van der Waals surface area contributed by atoms with Crippen LogP contribution in [0.4, 0.5) is 5.69 Å². The maximum atomic E-state index is 12.9. The van der Waals surface area contributed by atoms with Crippen LogP contribution in [0.1, 0.15) is 30.6 Å². The number of hydrogen-bond donors (Lipinski definition) is 1. The van der Waals surface area contributed by atoms with E-state index in [1.165, 1.54) is 43.3 Å². The number of carbonyl (C=O) groups is 2. The van der Waals surface area contributed by atoms with Crippen LogP contribution < -0.4 is 5.32 Å². The number of rotatable bonds is 8. The lowest BCUT2D eigenvalue weighted by atomic mass is 10.2. The van der Waals surface area contributed by atoms with Crippen LogP contribution in [0.3, 0.4) is 0 Å². The van der Waals surface area contributed by atoms with Crippen LogP contribution in [0.5, 0.6) is 0 Å². The van der Waals surface area contributed by atoms with Crippen LogP contribution >= 0.6 is 23.2 Å². The van der Waals surface area contributed by atoms with Gasteiger partial charge in [-0.15, -0.1) is 0 Å². The van der Waals surface area contributed by atoms with Gasteiger partial charge in [-0.3, -0.25) is 9.59 Å². The molecular formula is C19H20Cl2N2O4S. The molecule has 0 aliphatic heterocycles. The third kappa shape index (κ3) is 5.54. The summed E-state index contributed by atoms with van der Waals surface area (Å²) in [6, 6.07) is 10.2. The molecule has 0 unspecified atom stereocenters. The summed E-state index contributed by atoms with van der Waals surface area (Å²) in [5.74, 6) is -0.700. The fourth-order valence-corrected chi connectivity index (χ4v) is 4.31. The zero-order valence-electron chi connectivity index (χ0n) is 15.4. The Kier molecular flexibility index (Phi) is 7.60. The molecule has 9 heteroatoms. The van der Waals surface area contributed by atoms with Crippen molar-refractivity contribution in [2.45, 2.75) is 25.2 Å². The van der Waals surface area contributed by atoms with E-state index in [-0.39, 0.29) is 23.8 Å². The van der Waals surface area contributed by atoms with Gasteiger partial charge in [0.2, 0.25) is 15.9 Å². The summed E-state index contributed by atoms with van der Waals surface area (Å²) in [7, 11) is -3.91. The number of anilines is 1. The molecule has 0 fully saturated rings. The van der Waals surface area contributed by atoms with Gasteiger partial charge in [-0.2, -0.15) is 4.31 Å². The Morgan fingerprint density at radius 3 is 2.29 bits per heavy atom. The molecule has 28 heavy (non-hydrogen) atoms. The predicted molar refractivity (Wildman–Crippen MR) is 111 cm³/mol. The van der Waals surface area contributed by atoms with Gasteiger partial charge in [-0.1, -0.05) is 42.3 Å². The number of Topliss-reactive ketones (excluding diaryl/α,β-unsaturated/α-hetero) is 1. The third-order valence-corrected chi connectivity index (χ3v) is 6.32. The van der Waals surface area contributed by atoms with Gasteiger partial charge in [0.05, 0.1) is 22.2 Å². The van der Waals surface area contributed by atoms with E-state index in [1.807, 2.05) is 6.92 Å². The first-order valence-corrected chi connectivity index (χ1v) is 10.7. The van der Waals surface area contributed by atoms with Crippen LogP contribution in [-0.2, 0) is 14.8 Å². The van der Waals surface area contributed by atoms with Crippen LogP contribution in [-0.4, -0.2) is 37.5 Å². The van der Waals surface area contributed by atoms with E-state index in [9.17, 15) is 18.0 Å². The van der Waals surface area contributed by atoms with Crippen molar-refractivity contribution in [3.05, 3.63) is 58.1 Å². The lowest BCUT2D eigenvalue weighted by Gasteiger charge is -2.21. The Hall–Kier alpha value is -1.93. The summed E-state index contributed by atoms with van der Waals surface area (Å²) in [6.07, 6.45) is 0.524. The van der Waals surface area contributed by atoms with Crippen molar-refractivity contribution in [2.24, 2.45) is 0 Å². The Morgan fingerprint density at radius 1 is 1.07 bits per heavy atom. The van der Waals surface area contributed by atoms with Gasteiger partial charge in [-0.25, -0.2) is 8.42 Å². The van der Waals surface area contributed by atoms with E-state index >= 15 is 0 Å². The summed E-state index contributed by atoms with van der Waals surface area (Å²) in [6.45, 7) is 2.99. The summed E-state index contributed by atoms with van der Waals surface area (Å²) < 4.78 is 26.9. The van der Waals surface area contributed by atoms with E-state index in [0.29, 0.717) is 27.7 Å². The van der Waals surface area contributed by atoms with Crippen LogP contribution in [0.25, 0.3) is 0 Å². The first-order valence-electron chi connectivity index (χ1n) is 8.51. The Balaban J connectivity index is 2.22. The first-order chi connectivity index (χ1) is 13.1. The molecule has 6 nitrogen and oxygen atoms in total. The molecular weight excluding hydrogens is 423 g/mol. The minimum Gasteiger partial charge on any atom is -0.324 e. The van der Waals surface area contributed by atoms with Crippen molar-refractivity contribution >= 4 is 50.6 Å². The topological polar surface area (TPSA) is 83.6 Å². The molecule has 0 heterocycles. The summed E-state index contributed by atoms with van der Waals surface area (Å²) in [4.78, 5) is 23.8. The van der Waals surface area contributed by atoms with Crippen molar-refractivity contribution in [1.82, 2.24) is 4.31 Å². The van der Waals surface area contributed by atoms with Gasteiger partial charge in [0.1, 0.15) is 0 Å². The molecule has 0 bridgehead atoms. The standard InChI is InChI=1S/C19H20Cl2N2O4S/c1-3-10-23(12-19(25)22-18-11-15(20)6-9-17(18)21)28(26,27)16-7-4-14(5-8-16)13(2)24/h4-9,11H,3,10,12H2,1-2H3,(H,22,25). The maximum absolute atomic E-state index is 12.9. The minimum absolute atomic E-state index is 0.0135. The molecule has 2 aromatic carbocycles. The van der Waals surface area contributed by atoms with Gasteiger partial charge < -0.3 is 5.32 Å². The molecule has 0 aliphatic carbocycles. The zero-order chi connectivity index (χ0) is 20.9. The third-order valence-electron chi connectivity index (χ3n) is 3.89. The van der Waals surface area contributed by atoms with Crippen molar-refractivity contribution < 1.29 is 18.0 Å². The average molecular weight is 443 g/mol. The number of nitrogens with one attached hydrogen (secondary N) is 1. The molecule has 0 spiro atoms. The molecule has 0 aromatic heterocycles. The largest absolute Gasteiger partial charge is 0.324 e. The molecule has 1 amide bonds. The Bertz CT molecular complexity index is 976. The Morgan fingerprint density at radius 2 is 1.71 bits per heavy atom. The first kappa shape index (κ1) is 22.4. The van der Waals surface area contributed by atoms with Crippen molar-refractivity contribution in [1.29, 1.82) is 0 Å². The van der Waals surface area contributed by atoms with Gasteiger partial charge in [0, 0.05) is 17.1 Å². The molecule has 2 aromatic rings. The second-order valence-corrected chi connectivity index (χ2v) is 8.87. The number of benzene rings is 2. The number of sulfonamides is 1. The molecule has 0 atom stereocenters. The number of hydrogen-bond acceptors (Lipinski definition) is 4. The fourth-order valence-electron chi connectivity index (χ4n) is 2.49. The van der Waals surface area contributed by atoms with Crippen molar-refractivity contribution in [3.63, 3.8) is 0 Å².